The minimum Gasteiger partial charge on any atom is -0.465 e. The molecule has 18 heavy (non-hydrogen) atoms. The highest BCUT2D eigenvalue weighted by atomic mass is 16.5. The molecule has 2 saturated heterocycles. The predicted octanol–water partition coefficient (Wildman–Crippen LogP) is 2.25. The number of hydrogen-bond donors (Lipinski definition) is 0. The molecule has 0 amide bonds. The molecular weight excluding hydrogens is 228 g/mol. The molecule has 8 unspecified atom stereocenters. The highest BCUT2D eigenvalue weighted by molar-refractivity contribution is 5.76. The monoisotopic (exact) mass is 250 g/mol. The zero-order valence-electron chi connectivity index (χ0n) is 11.2. The summed E-state index contributed by atoms with van der Waals surface area (Å²) in [5.74, 6) is 3.40. The summed E-state index contributed by atoms with van der Waals surface area (Å²) in [6.07, 6.45) is 4.30. The molecule has 100 valence electrons. The molecule has 0 N–H and O–H groups in total. The summed E-state index contributed by atoms with van der Waals surface area (Å²) in [6.45, 7) is 5.14. The summed E-state index contributed by atoms with van der Waals surface area (Å²) in [6, 6.07) is 0. The summed E-state index contributed by atoms with van der Waals surface area (Å²) in [5.41, 5.74) is 0. The van der Waals surface area contributed by atoms with Crippen LogP contribution in [-0.2, 0) is 14.3 Å². The topological polar surface area (TPSA) is 35.5 Å². The van der Waals surface area contributed by atoms with Crippen LogP contribution in [0.3, 0.4) is 0 Å². The lowest BCUT2D eigenvalue weighted by atomic mass is 9.67. The lowest BCUT2D eigenvalue weighted by Crippen LogP contribution is -2.38. The molecule has 0 aromatic rings. The molecular formula is C15H22O3. The fourth-order valence-electron chi connectivity index (χ4n) is 5.67. The number of rotatable bonds is 2. The molecule has 4 fully saturated rings. The van der Waals surface area contributed by atoms with E-state index in [0.717, 1.165) is 12.8 Å². The van der Waals surface area contributed by atoms with Crippen LogP contribution in [0.1, 0.15) is 33.1 Å². The Morgan fingerprint density at radius 3 is 2.39 bits per heavy atom. The maximum Gasteiger partial charge on any atom is 0.309 e. The Hall–Kier alpha value is -0.570. The predicted molar refractivity (Wildman–Crippen MR) is 65.8 cm³/mol. The molecule has 2 bridgehead atoms. The number of ether oxygens (including phenoxy) is 2. The third-order valence-corrected chi connectivity index (χ3v) is 6.15. The summed E-state index contributed by atoms with van der Waals surface area (Å²) in [5, 5.41) is 0. The Morgan fingerprint density at radius 1 is 1.06 bits per heavy atom. The van der Waals surface area contributed by atoms with Gasteiger partial charge in [-0.2, -0.15) is 0 Å². The lowest BCUT2D eigenvalue weighted by Gasteiger charge is -2.33. The molecule has 0 radical (unpaired) electrons. The fourth-order valence-corrected chi connectivity index (χ4v) is 5.67. The molecule has 2 aliphatic heterocycles. The van der Waals surface area contributed by atoms with Gasteiger partial charge in [0.15, 0.2) is 0 Å². The van der Waals surface area contributed by atoms with Crippen molar-refractivity contribution in [3.8, 4) is 0 Å². The molecule has 3 heteroatoms. The van der Waals surface area contributed by atoms with E-state index in [2.05, 4.69) is 13.8 Å². The van der Waals surface area contributed by atoms with E-state index in [1.165, 1.54) is 6.42 Å². The minimum atomic E-state index is 0.0840. The normalized spacial score (nSPS) is 56.7. The lowest BCUT2D eigenvalue weighted by molar-refractivity contribution is -0.143. The first-order chi connectivity index (χ1) is 8.76. The SMILES string of the molecule is CCC1OC(CC)C2C3CC(C4COC(=O)C43)C12. The summed E-state index contributed by atoms with van der Waals surface area (Å²) in [7, 11) is 0. The Kier molecular flexibility index (Phi) is 2.33. The standard InChI is InChI=1S/C15H22O3/c1-3-10-13-7-5-8(14(13)11(4-2)18-10)12-9(7)6-17-15(12)16/h7-14H,3-6H2,1-2H3. The van der Waals surface area contributed by atoms with Crippen LogP contribution >= 0.6 is 0 Å². The van der Waals surface area contributed by atoms with Crippen molar-refractivity contribution >= 4 is 5.97 Å². The average molecular weight is 250 g/mol. The number of cyclic esters (lactones) is 1. The van der Waals surface area contributed by atoms with Crippen molar-refractivity contribution in [2.75, 3.05) is 6.61 Å². The number of esters is 1. The maximum absolute atomic E-state index is 11.9. The summed E-state index contributed by atoms with van der Waals surface area (Å²) >= 11 is 0. The van der Waals surface area contributed by atoms with Gasteiger partial charge in [-0.05, 0) is 42.9 Å². The molecule has 0 spiro atoms. The molecule has 2 heterocycles. The summed E-state index contributed by atoms with van der Waals surface area (Å²) in [4.78, 5) is 11.9. The van der Waals surface area contributed by atoms with E-state index in [1.54, 1.807) is 0 Å². The molecule has 4 rings (SSSR count). The molecule has 3 nitrogen and oxygen atoms in total. The quantitative estimate of drug-likeness (QED) is 0.705. The van der Waals surface area contributed by atoms with Crippen LogP contribution in [0.25, 0.3) is 0 Å². The third kappa shape index (κ3) is 1.17. The van der Waals surface area contributed by atoms with Crippen LogP contribution in [0.4, 0.5) is 0 Å². The van der Waals surface area contributed by atoms with Crippen LogP contribution in [0, 0.1) is 35.5 Å². The van der Waals surface area contributed by atoms with E-state index in [0.29, 0.717) is 48.4 Å². The van der Waals surface area contributed by atoms with Gasteiger partial charge in [0.05, 0.1) is 24.7 Å². The molecule has 4 aliphatic rings. The first-order valence-electron chi connectivity index (χ1n) is 7.58. The van der Waals surface area contributed by atoms with Crippen LogP contribution in [0.15, 0.2) is 0 Å². The van der Waals surface area contributed by atoms with Crippen LogP contribution in [0.5, 0.6) is 0 Å². The largest absolute Gasteiger partial charge is 0.465 e. The Morgan fingerprint density at radius 2 is 1.72 bits per heavy atom. The van der Waals surface area contributed by atoms with Crippen molar-refractivity contribution < 1.29 is 14.3 Å². The van der Waals surface area contributed by atoms with Gasteiger partial charge < -0.3 is 9.47 Å². The van der Waals surface area contributed by atoms with Crippen molar-refractivity contribution in [2.45, 2.75) is 45.3 Å². The number of carbonyl (C=O) groups excluding carboxylic acids is 1. The highest BCUT2D eigenvalue weighted by Crippen LogP contribution is 2.65. The molecule has 2 saturated carbocycles. The van der Waals surface area contributed by atoms with Gasteiger partial charge >= 0.3 is 5.97 Å². The third-order valence-electron chi connectivity index (χ3n) is 6.15. The molecule has 0 aromatic carbocycles. The van der Waals surface area contributed by atoms with Crippen molar-refractivity contribution in [3.63, 3.8) is 0 Å². The Labute approximate surface area is 108 Å². The van der Waals surface area contributed by atoms with E-state index >= 15 is 0 Å². The van der Waals surface area contributed by atoms with Crippen molar-refractivity contribution in [1.29, 1.82) is 0 Å². The van der Waals surface area contributed by atoms with Gasteiger partial charge in [0.2, 0.25) is 0 Å². The van der Waals surface area contributed by atoms with Crippen LogP contribution in [-0.4, -0.2) is 24.8 Å². The zero-order valence-corrected chi connectivity index (χ0v) is 11.2. The van der Waals surface area contributed by atoms with Crippen molar-refractivity contribution in [3.05, 3.63) is 0 Å². The van der Waals surface area contributed by atoms with Crippen LogP contribution < -0.4 is 0 Å². The molecule has 8 atom stereocenters. The highest BCUT2D eigenvalue weighted by Gasteiger charge is 2.67. The second-order valence-electron chi connectivity index (χ2n) is 6.57. The smallest absolute Gasteiger partial charge is 0.309 e. The second kappa shape index (κ2) is 3.72. The van der Waals surface area contributed by atoms with E-state index < -0.39 is 0 Å². The van der Waals surface area contributed by atoms with Gasteiger partial charge in [-0.1, -0.05) is 13.8 Å². The van der Waals surface area contributed by atoms with Gasteiger partial charge in [0.25, 0.3) is 0 Å². The summed E-state index contributed by atoms with van der Waals surface area (Å²) < 4.78 is 11.6. The van der Waals surface area contributed by atoms with Gasteiger partial charge in [0, 0.05) is 5.92 Å². The zero-order chi connectivity index (χ0) is 12.4. The number of carbonyl (C=O) groups is 1. The van der Waals surface area contributed by atoms with E-state index in [-0.39, 0.29) is 11.9 Å². The molecule has 0 aromatic heterocycles. The van der Waals surface area contributed by atoms with Crippen LogP contribution in [0.2, 0.25) is 0 Å². The first kappa shape index (κ1) is 11.3. The van der Waals surface area contributed by atoms with Gasteiger partial charge in [-0.15, -0.1) is 0 Å². The van der Waals surface area contributed by atoms with E-state index in [9.17, 15) is 4.79 Å². The van der Waals surface area contributed by atoms with Crippen molar-refractivity contribution in [2.24, 2.45) is 35.5 Å². The van der Waals surface area contributed by atoms with Gasteiger partial charge in [-0.3, -0.25) is 4.79 Å². The van der Waals surface area contributed by atoms with E-state index in [4.69, 9.17) is 9.47 Å². The Balaban J connectivity index is 1.69. The van der Waals surface area contributed by atoms with Gasteiger partial charge in [-0.25, -0.2) is 0 Å². The minimum absolute atomic E-state index is 0.0840. The number of hydrogen-bond acceptors (Lipinski definition) is 3. The number of fused-ring (bicyclic) bond motifs is 8. The average Bonchev–Trinajstić information content (AvgIpc) is 3.07. The van der Waals surface area contributed by atoms with E-state index in [1.807, 2.05) is 0 Å². The Bertz CT molecular complexity index is 380. The first-order valence-corrected chi connectivity index (χ1v) is 7.58. The fraction of sp³-hybridized carbons (Fsp3) is 0.933. The molecule has 2 aliphatic carbocycles. The van der Waals surface area contributed by atoms with Crippen molar-refractivity contribution in [1.82, 2.24) is 0 Å². The maximum atomic E-state index is 11.9. The second-order valence-corrected chi connectivity index (χ2v) is 6.57. The van der Waals surface area contributed by atoms with Gasteiger partial charge in [0.1, 0.15) is 0 Å².